The molecule has 1 heterocycles. The first kappa shape index (κ1) is 41.3. The van der Waals surface area contributed by atoms with Crippen molar-refractivity contribution in [2.45, 2.75) is 63.4 Å². The van der Waals surface area contributed by atoms with Crippen molar-refractivity contribution in [3.05, 3.63) is 118 Å². The van der Waals surface area contributed by atoms with Crippen molar-refractivity contribution in [2.24, 2.45) is 17.8 Å². The van der Waals surface area contributed by atoms with Gasteiger partial charge in [0.05, 0.1) is 11.6 Å². The number of nitrogens with zero attached hydrogens (tertiary/aromatic N) is 3. The maximum atomic E-state index is 13.1. The van der Waals surface area contributed by atoms with Gasteiger partial charge in [0.25, 0.3) is 0 Å². The second kappa shape index (κ2) is 16.0. The van der Waals surface area contributed by atoms with Gasteiger partial charge in [-0.3, -0.25) is 4.79 Å². The number of anilines is 3. The molecule has 1 aliphatic heterocycles. The zero-order valence-corrected chi connectivity index (χ0v) is 37.0. The van der Waals surface area contributed by atoms with Crippen LogP contribution in [0.25, 0.3) is 33.4 Å². The number of ketones is 1. The molecule has 0 bridgehead atoms. The Kier molecular flexibility index (Phi) is 10.7. The number of fused-ring (bicyclic) bond motifs is 6. The number of carbonyl (C=O) groups excluding carboxylic acids is 1. The Hall–Kier alpha value is -6.02. The summed E-state index contributed by atoms with van der Waals surface area (Å²) in [6.45, 7) is 1.81. The van der Waals surface area contributed by atoms with Crippen LogP contribution in [0.5, 0.6) is 0 Å². The molecule has 9 rings (SSSR count). The molecule has 0 aromatic heterocycles. The number of aromatic carboxylic acids is 1. The Morgan fingerprint density at radius 2 is 1.73 bits per heavy atom. The number of hydrogen-bond donors (Lipinski definition) is 3. The lowest BCUT2D eigenvalue weighted by atomic mass is 9.57. The Morgan fingerprint density at radius 1 is 0.968 bits per heavy atom. The fourth-order valence-electron chi connectivity index (χ4n) is 10.9. The van der Waals surface area contributed by atoms with E-state index in [0.29, 0.717) is 64.6 Å². The molecular weight excluding hydrogens is 793 g/mol. The molecule has 0 radical (unpaired) electrons. The van der Waals surface area contributed by atoms with Crippen LogP contribution in [0.4, 0.5) is 17.1 Å². The molecule has 3 fully saturated rings. The van der Waals surface area contributed by atoms with Gasteiger partial charge in [-0.05, 0) is 128 Å². The van der Waals surface area contributed by atoms with Crippen LogP contribution in [-0.4, -0.2) is 67.9 Å². The van der Waals surface area contributed by atoms with Crippen molar-refractivity contribution in [3.63, 3.8) is 0 Å². The SMILES string of the molecule is CC#CC1(O)CCC2C3CC=C4CC(=O)CCC4=C3C(c3ccc(N(C)C(=S)Nc4ccc(-c5c6ccc(=[N+](C)C)cc-6oc6cc(N(C)C)ccc56)c(C(=O)O)c4)cc3)CC21. The average Bonchev–Trinajstić information content (AvgIpc) is 3.59. The van der Waals surface area contributed by atoms with Gasteiger partial charge in [0.15, 0.2) is 5.11 Å². The molecule has 9 nitrogen and oxygen atoms in total. The monoisotopic (exact) mass is 845 g/mol. The highest BCUT2D eigenvalue weighted by atomic mass is 32.1. The minimum absolute atomic E-state index is 0.0804. The fourth-order valence-corrected chi connectivity index (χ4v) is 11.1. The lowest BCUT2D eigenvalue weighted by Gasteiger charge is -2.47. The summed E-state index contributed by atoms with van der Waals surface area (Å²) in [6, 6.07) is 25.9. The minimum atomic E-state index is -1.05. The molecule has 0 saturated heterocycles. The maximum absolute atomic E-state index is 13.1. The lowest BCUT2D eigenvalue weighted by molar-refractivity contribution is -0.118. The molecule has 3 N–H and O–H groups in total. The summed E-state index contributed by atoms with van der Waals surface area (Å²) in [5, 5.41) is 28.0. The number of rotatable bonds is 6. The number of hydrogen-bond acceptors (Lipinski definition) is 6. The van der Waals surface area contributed by atoms with Crippen LogP contribution >= 0.6 is 12.2 Å². The summed E-state index contributed by atoms with van der Waals surface area (Å²) >= 11 is 5.94. The van der Waals surface area contributed by atoms with E-state index in [1.165, 1.54) is 22.3 Å². The largest absolute Gasteiger partial charge is 0.478 e. The number of Topliss-reactive ketones (excluding diaryl/α,β-unsaturated/α-hetero) is 1. The van der Waals surface area contributed by atoms with Crippen molar-refractivity contribution >= 4 is 57.1 Å². The number of thiocarbonyl (C=S) groups is 1. The van der Waals surface area contributed by atoms with Crippen LogP contribution in [0.3, 0.4) is 0 Å². The van der Waals surface area contributed by atoms with Crippen molar-refractivity contribution in [2.75, 3.05) is 50.4 Å². The summed E-state index contributed by atoms with van der Waals surface area (Å²) in [5.41, 5.74) is 9.63. The van der Waals surface area contributed by atoms with Gasteiger partial charge in [0.2, 0.25) is 5.36 Å². The molecule has 62 heavy (non-hydrogen) atoms. The predicted molar refractivity (Wildman–Crippen MR) is 252 cm³/mol. The molecule has 3 saturated carbocycles. The summed E-state index contributed by atoms with van der Waals surface area (Å²) < 4.78 is 8.50. The van der Waals surface area contributed by atoms with Crippen LogP contribution < -0.4 is 25.0 Å². The van der Waals surface area contributed by atoms with Gasteiger partial charge in [0.1, 0.15) is 36.8 Å². The van der Waals surface area contributed by atoms with Crippen molar-refractivity contribution in [1.29, 1.82) is 0 Å². The normalized spacial score (nSPS) is 22.8. The van der Waals surface area contributed by atoms with E-state index in [-0.39, 0.29) is 17.4 Å². The molecule has 6 aliphatic rings. The average molecular weight is 846 g/mol. The molecule has 0 amide bonds. The predicted octanol–water partition coefficient (Wildman–Crippen LogP) is 9.10. The lowest BCUT2D eigenvalue weighted by Crippen LogP contribution is -2.42. The highest BCUT2D eigenvalue weighted by Crippen LogP contribution is 2.60. The van der Waals surface area contributed by atoms with Gasteiger partial charge >= 0.3 is 5.97 Å². The Morgan fingerprint density at radius 3 is 2.45 bits per heavy atom. The van der Waals surface area contributed by atoms with Crippen LogP contribution in [0.2, 0.25) is 0 Å². The van der Waals surface area contributed by atoms with E-state index in [0.717, 1.165) is 58.9 Å². The highest BCUT2D eigenvalue weighted by Gasteiger charge is 2.55. The van der Waals surface area contributed by atoms with Gasteiger partial charge < -0.3 is 29.7 Å². The van der Waals surface area contributed by atoms with Crippen LogP contribution in [0.1, 0.15) is 73.7 Å². The molecule has 316 valence electrons. The summed E-state index contributed by atoms with van der Waals surface area (Å²) in [6.07, 6.45) is 7.60. The van der Waals surface area contributed by atoms with Gasteiger partial charge in [0, 0.05) is 91.5 Å². The van der Waals surface area contributed by atoms with E-state index < -0.39 is 11.6 Å². The third kappa shape index (κ3) is 7.21. The van der Waals surface area contributed by atoms with E-state index in [2.05, 4.69) is 47.5 Å². The van der Waals surface area contributed by atoms with E-state index in [1.807, 2.05) is 105 Å². The van der Waals surface area contributed by atoms with E-state index in [9.17, 15) is 19.8 Å². The van der Waals surface area contributed by atoms with Crippen molar-refractivity contribution in [3.8, 4) is 34.3 Å². The van der Waals surface area contributed by atoms with Gasteiger partial charge in [-0.2, -0.15) is 0 Å². The Balaban J connectivity index is 1.01. The topological polar surface area (TPSA) is 109 Å². The van der Waals surface area contributed by atoms with Crippen LogP contribution in [-0.2, 0) is 4.79 Å². The molecular formula is C52H53N4O5S+. The molecule has 5 atom stereocenters. The van der Waals surface area contributed by atoms with Crippen LogP contribution in [0, 0.1) is 29.6 Å². The second-order valence-corrected chi connectivity index (χ2v) is 18.3. The van der Waals surface area contributed by atoms with Crippen LogP contribution in [0.15, 0.2) is 106 Å². The van der Waals surface area contributed by atoms with E-state index in [1.54, 1.807) is 6.07 Å². The quantitative estimate of drug-likeness (QED) is 0.0668. The van der Waals surface area contributed by atoms with E-state index >= 15 is 0 Å². The maximum Gasteiger partial charge on any atom is 0.336 e. The van der Waals surface area contributed by atoms with E-state index in [4.69, 9.17) is 16.6 Å². The van der Waals surface area contributed by atoms with Crippen molar-refractivity contribution in [1.82, 2.24) is 4.58 Å². The van der Waals surface area contributed by atoms with Gasteiger partial charge in [-0.25, -0.2) is 9.37 Å². The summed E-state index contributed by atoms with van der Waals surface area (Å²) in [7, 11) is 9.80. The molecule has 5 aliphatic carbocycles. The highest BCUT2D eigenvalue weighted by molar-refractivity contribution is 7.80. The third-order valence-corrected chi connectivity index (χ3v) is 14.4. The zero-order chi connectivity index (χ0) is 43.6. The molecule has 10 heteroatoms. The van der Waals surface area contributed by atoms with Gasteiger partial charge in [-0.1, -0.05) is 35.8 Å². The zero-order valence-electron chi connectivity index (χ0n) is 36.2. The number of allylic oxidation sites excluding steroid dienone is 4. The summed E-state index contributed by atoms with van der Waals surface area (Å²) in [4.78, 5) is 29.5. The molecule has 5 unspecified atom stereocenters. The Labute approximate surface area is 368 Å². The molecule has 3 aromatic carbocycles. The summed E-state index contributed by atoms with van der Waals surface area (Å²) in [5.74, 6) is 7.06. The van der Waals surface area contributed by atoms with Gasteiger partial charge in [-0.15, -0.1) is 5.92 Å². The Bertz CT molecular complexity index is 2860. The van der Waals surface area contributed by atoms with Crippen molar-refractivity contribution < 1.29 is 24.2 Å². The standard InChI is InChI=1S/C52H52N4O5S/c1-7-23-52(60)24-22-38-39-17-10-31-25-36(57)16-21-37(31)48(39)43(29-45(38)52)30-8-12-33(13-9-30)56(6)51(62)53-32-11-18-40(44(26-32)50(58)59)49-41-19-14-34(54(2)3)27-46(41)61-47-28-35(55(4)5)15-20-42(47)49/h8-15,18-20,26-28,38-39,43,45,60H,16-17,21-22,24-25,29H2,1-6H3,(H,58,59)/p+1. The number of nitrogens with one attached hydrogen (secondary N) is 1. The number of carboxylic acids is 1. The number of aliphatic hydroxyl groups is 1. The first-order valence-corrected chi connectivity index (χ1v) is 22.0. The fraction of sp³-hybridized carbons (Fsp3) is 0.346. The first-order valence-electron chi connectivity index (χ1n) is 21.6. The number of carbonyl (C=O) groups is 2. The molecule has 0 spiro atoms. The second-order valence-electron chi connectivity index (χ2n) is 17.9. The number of benzene rings is 4. The molecule has 3 aromatic rings. The third-order valence-electron chi connectivity index (χ3n) is 14.0. The smallest absolute Gasteiger partial charge is 0.336 e. The number of carboxylic acid groups (broad SMARTS) is 1. The minimum Gasteiger partial charge on any atom is -0.478 e. The first-order chi connectivity index (χ1) is 29.7.